The number of amides is 1. The van der Waals surface area contributed by atoms with Crippen LogP contribution in [0.15, 0.2) is 59.8 Å². The molecule has 2 N–H and O–H groups in total. The first kappa shape index (κ1) is 18.5. The highest BCUT2D eigenvalue weighted by molar-refractivity contribution is 6.06. The zero-order valence-corrected chi connectivity index (χ0v) is 16.2. The van der Waals surface area contributed by atoms with Gasteiger partial charge in [-0.2, -0.15) is 4.68 Å². The fourth-order valence-corrected chi connectivity index (χ4v) is 3.34. The number of nitrogens with zero attached hydrogens (tertiary/aromatic N) is 4. The smallest absolute Gasteiger partial charge is 0.255 e. The summed E-state index contributed by atoms with van der Waals surface area (Å²) in [7, 11) is 3.11. The molecule has 1 aliphatic rings. The van der Waals surface area contributed by atoms with Gasteiger partial charge in [-0.05, 0) is 35.0 Å². The number of hydrogen-bond acceptors (Lipinski definition) is 7. The van der Waals surface area contributed by atoms with Crippen molar-refractivity contribution in [2.45, 2.75) is 13.0 Å². The number of aromatic nitrogens is 4. The lowest BCUT2D eigenvalue weighted by molar-refractivity contribution is -0.113. The molecule has 29 heavy (non-hydrogen) atoms. The number of allylic oxidation sites excluding steroid dienone is 1. The fourth-order valence-electron chi connectivity index (χ4n) is 3.34. The molecule has 148 valence electrons. The maximum Gasteiger partial charge on any atom is 0.255 e. The summed E-state index contributed by atoms with van der Waals surface area (Å²) < 4.78 is 12.2. The minimum absolute atomic E-state index is 0.284. The second kappa shape index (κ2) is 7.63. The number of carbonyl (C=O) groups is 1. The first-order valence-electron chi connectivity index (χ1n) is 8.96. The van der Waals surface area contributed by atoms with Gasteiger partial charge in [0, 0.05) is 11.8 Å². The van der Waals surface area contributed by atoms with Gasteiger partial charge in [0.15, 0.2) is 0 Å². The summed E-state index contributed by atoms with van der Waals surface area (Å²) in [6, 6.07) is 14.4. The first-order chi connectivity index (χ1) is 14.1. The number of hydrogen-bond donors (Lipinski definition) is 2. The zero-order valence-electron chi connectivity index (χ0n) is 16.2. The fraction of sp³-hybridized carbons (Fsp3) is 0.200. The number of benzene rings is 2. The maximum absolute atomic E-state index is 13.3. The lowest BCUT2D eigenvalue weighted by Gasteiger charge is -2.28. The molecule has 0 fully saturated rings. The normalized spacial score (nSPS) is 15.3. The number of tetrazole rings is 1. The summed E-state index contributed by atoms with van der Waals surface area (Å²) >= 11 is 0. The molecule has 1 atom stereocenters. The van der Waals surface area contributed by atoms with Crippen LogP contribution < -0.4 is 20.1 Å². The topological polar surface area (TPSA) is 103 Å². The van der Waals surface area contributed by atoms with Crippen LogP contribution in [0.3, 0.4) is 0 Å². The molecule has 1 aromatic heterocycles. The summed E-state index contributed by atoms with van der Waals surface area (Å²) in [6.45, 7) is 1.83. The molecule has 0 radical (unpaired) electrons. The van der Waals surface area contributed by atoms with Crippen molar-refractivity contribution in [3.05, 3.63) is 65.4 Å². The van der Waals surface area contributed by atoms with Crippen molar-refractivity contribution in [3.63, 3.8) is 0 Å². The van der Waals surface area contributed by atoms with Gasteiger partial charge in [-0.15, -0.1) is 0 Å². The Hall–Kier alpha value is -3.88. The summed E-state index contributed by atoms with van der Waals surface area (Å²) in [4.78, 5) is 13.3. The standard InChI is InChI=1S/C20H20N6O3/c1-12-17(19(27)22-15-10-9-14(28-2)11-16(15)29-3)18(13-7-5-4-6-8-13)26-20(21-12)23-24-25-26/h4-11,18H,1-3H3,(H,22,27)(H,21,23,25)/t18-/m0/s1. The zero-order chi connectivity index (χ0) is 20.4. The van der Waals surface area contributed by atoms with E-state index in [1.807, 2.05) is 37.3 Å². The van der Waals surface area contributed by atoms with Crippen molar-refractivity contribution in [3.8, 4) is 11.5 Å². The molecule has 1 amide bonds. The molecule has 3 aromatic rings. The Morgan fingerprint density at radius 2 is 1.93 bits per heavy atom. The molecule has 0 saturated carbocycles. The Kier molecular flexibility index (Phi) is 4.86. The molecule has 9 nitrogen and oxygen atoms in total. The average Bonchev–Trinajstić information content (AvgIpc) is 3.21. The van der Waals surface area contributed by atoms with E-state index in [2.05, 4.69) is 26.2 Å². The highest BCUT2D eigenvalue weighted by atomic mass is 16.5. The third-order valence-electron chi connectivity index (χ3n) is 4.73. The predicted octanol–water partition coefficient (Wildman–Crippen LogP) is 2.62. The van der Waals surface area contributed by atoms with E-state index >= 15 is 0 Å². The third-order valence-corrected chi connectivity index (χ3v) is 4.73. The monoisotopic (exact) mass is 392 g/mol. The van der Waals surface area contributed by atoms with Crippen molar-refractivity contribution in [2.75, 3.05) is 24.9 Å². The summed E-state index contributed by atoms with van der Waals surface area (Å²) in [6.07, 6.45) is 0. The first-order valence-corrected chi connectivity index (χ1v) is 8.96. The largest absolute Gasteiger partial charge is 0.497 e. The molecule has 0 bridgehead atoms. The van der Waals surface area contributed by atoms with E-state index in [1.54, 1.807) is 30.0 Å². The van der Waals surface area contributed by atoms with Gasteiger partial charge < -0.3 is 20.1 Å². The number of anilines is 2. The van der Waals surface area contributed by atoms with Gasteiger partial charge in [-0.1, -0.05) is 35.4 Å². The molecular weight excluding hydrogens is 372 g/mol. The van der Waals surface area contributed by atoms with Crippen LogP contribution in [-0.2, 0) is 4.79 Å². The van der Waals surface area contributed by atoms with Crippen LogP contribution in [0.1, 0.15) is 18.5 Å². The van der Waals surface area contributed by atoms with Gasteiger partial charge in [0.25, 0.3) is 5.91 Å². The van der Waals surface area contributed by atoms with E-state index in [4.69, 9.17) is 9.47 Å². The van der Waals surface area contributed by atoms with E-state index in [1.165, 1.54) is 7.11 Å². The minimum atomic E-state index is -0.466. The number of ether oxygens (including phenoxy) is 2. The van der Waals surface area contributed by atoms with E-state index in [0.29, 0.717) is 34.4 Å². The van der Waals surface area contributed by atoms with Crippen molar-refractivity contribution < 1.29 is 14.3 Å². The number of fused-ring (bicyclic) bond motifs is 1. The Morgan fingerprint density at radius 3 is 2.66 bits per heavy atom. The van der Waals surface area contributed by atoms with Crippen LogP contribution in [0.4, 0.5) is 11.6 Å². The number of carbonyl (C=O) groups excluding carboxylic acids is 1. The van der Waals surface area contributed by atoms with Crippen molar-refractivity contribution in [1.82, 2.24) is 20.2 Å². The molecule has 0 spiro atoms. The summed E-state index contributed by atoms with van der Waals surface area (Å²) in [5.74, 6) is 1.33. The molecule has 0 aliphatic carbocycles. The van der Waals surface area contributed by atoms with E-state index in [9.17, 15) is 4.79 Å². The van der Waals surface area contributed by atoms with Gasteiger partial charge in [0.05, 0.1) is 25.5 Å². The summed E-state index contributed by atoms with van der Waals surface area (Å²) in [5.41, 5.74) is 2.61. The van der Waals surface area contributed by atoms with Gasteiger partial charge in [0.1, 0.15) is 17.5 Å². The average molecular weight is 392 g/mol. The van der Waals surface area contributed by atoms with Crippen LogP contribution in [0.5, 0.6) is 11.5 Å². The van der Waals surface area contributed by atoms with Crippen molar-refractivity contribution in [2.24, 2.45) is 0 Å². The molecule has 9 heteroatoms. The molecule has 0 saturated heterocycles. The molecule has 4 rings (SSSR count). The number of rotatable bonds is 5. The van der Waals surface area contributed by atoms with Crippen molar-refractivity contribution in [1.29, 1.82) is 0 Å². The van der Waals surface area contributed by atoms with Gasteiger partial charge in [-0.3, -0.25) is 4.79 Å². The molecule has 2 aromatic carbocycles. The Labute approximate surface area is 167 Å². The van der Waals surface area contributed by atoms with E-state index in [-0.39, 0.29) is 5.91 Å². The SMILES string of the molecule is COc1ccc(NC(=O)C2=C(C)Nc3nnnn3[C@H]2c2ccccc2)c(OC)c1. The summed E-state index contributed by atoms with van der Waals surface area (Å²) in [5, 5.41) is 17.9. The van der Waals surface area contributed by atoms with Crippen LogP contribution >= 0.6 is 0 Å². The van der Waals surface area contributed by atoms with Crippen molar-refractivity contribution >= 4 is 17.5 Å². The second-order valence-electron chi connectivity index (χ2n) is 6.44. The van der Waals surface area contributed by atoms with Gasteiger partial charge in [-0.25, -0.2) is 0 Å². The molecule has 2 heterocycles. The lowest BCUT2D eigenvalue weighted by atomic mass is 9.95. The lowest BCUT2D eigenvalue weighted by Crippen LogP contribution is -2.31. The number of methoxy groups -OCH3 is 2. The Bertz CT molecular complexity index is 1080. The van der Waals surface area contributed by atoms with Crippen LogP contribution in [0, 0.1) is 0 Å². The third kappa shape index (κ3) is 3.38. The maximum atomic E-state index is 13.3. The Morgan fingerprint density at radius 1 is 1.14 bits per heavy atom. The van der Waals surface area contributed by atoms with Crippen LogP contribution in [-0.4, -0.2) is 40.3 Å². The van der Waals surface area contributed by atoms with E-state index < -0.39 is 6.04 Å². The van der Waals surface area contributed by atoms with Crippen LogP contribution in [0.2, 0.25) is 0 Å². The molecule has 1 aliphatic heterocycles. The second-order valence-corrected chi connectivity index (χ2v) is 6.44. The van der Waals surface area contributed by atoms with Gasteiger partial charge >= 0.3 is 0 Å². The predicted molar refractivity (Wildman–Crippen MR) is 107 cm³/mol. The highest BCUT2D eigenvalue weighted by Gasteiger charge is 2.34. The quantitative estimate of drug-likeness (QED) is 0.688. The highest BCUT2D eigenvalue weighted by Crippen LogP contribution is 2.36. The molecule has 0 unspecified atom stereocenters. The minimum Gasteiger partial charge on any atom is -0.497 e. The van der Waals surface area contributed by atoms with Gasteiger partial charge in [0.2, 0.25) is 5.95 Å². The number of nitrogens with one attached hydrogen (secondary N) is 2. The molecular formula is C20H20N6O3. The Balaban J connectivity index is 1.73. The van der Waals surface area contributed by atoms with E-state index in [0.717, 1.165) is 5.56 Å². The van der Waals surface area contributed by atoms with Crippen LogP contribution in [0.25, 0.3) is 0 Å².